The molecule has 0 radical (unpaired) electrons. The molecule has 0 aromatic heterocycles. The summed E-state index contributed by atoms with van der Waals surface area (Å²) in [4.78, 5) is 2.22. The zero-order valence-corrected chi connectivity index (χ0v) is 9.84. The first-order chi connectivity index (χ1) is 5.98. The summed E-state index contributed by atoms with van der Waals surface area (Å²) in [6.07, 6.45) is 0. The fourth-order valence-corrected chi connectivity index (χ4v) is 1.04. The molecule has 0 saturated heterocycles. The van der Waals surface area contributed by atoms with Crippen LogP contribution in [0.4, 0.5) is 0 Å². The molecule has 13 heavy (non-hydrogen) atoms. The molecule has 0 amide bonds. The predicted molar refractivity (Wildman–Crippen MR) is 56.9 cm³/mol. The third kappa shape index (κ3) is 8.22. The molecule has 0 atom stereocenters. The minimum atomic E-state index is 0.827. The number of hydrogen-bond donors (Lipinski definition) is 0. The van der Waals surface area contributed by atoms with E-state index in [-0.39, 0.29) is 0 Å². The maximum atomic E-state index is 5.35. The van der Waals surface area contributed by atoms with Crippen molar-refractivity contribution in [3.63, 3.8) is 0 Å². The van der Waals surface area contributed by atoms with Crippen molar-refractivity contribution in [3.8, 4) is 0 Å². The third-order valence-corrected chi connectivity index (χ3v) is 2.20. The molecule has 3 heteroatoms. The maximum Gasteiger partial charge on any atom is 0.102 e. The lowest BCUT2D eigenvalue weighted by atomic mass is 10.4. The fourth-order valence-electron chi connectivity index (χ4n) is 1.04. The zero-order chi connectivity index (χ0) is 10.3. The molecular formula is C10H25N2O+. The van der Waals surface area contributed by atoms with Crippen LogP contribution < -0.4 is 0 Å². The van der Waals surface area contributed by atoms with E-state index >= 15 is 0 Å². The molecule has 0 fully saturated rings. The van der Waals surface area contributed by atoms with Gasteiger partial charge in [0, 0.05) is 13.2 Å². The van der Waals surface area contributed by atoms with Gasteiger partial charge < -0.3 is 14.1 Å². The highest BCUT2D eigenvalue weighted by Crippen LogP contribution is 1.96. The van der Waals surface area contributed by atoms with Gasteiger partial charge in [0.25, 0.3) is 0 Å². The van der Waals surface area contributed by atoms with E-state index < -0.39 is 0 Å². The molecular weight excluding hydrogens is 164 g/mol. The van der Waals surface area contributed by atoms with E-state index in [1.807, 2.05) is 6.92 Å². The molecule has 80 valence electrons. The summed E-state index contributed by atoms with van der Waals surface area (Å²) < 4.78 is 6.39. The van der Waals surface area contributed by atoms with Crippen molar-refractivity contribution >= 4 is 0 Å². The quantitative estimate of drug-likeness (QED) is 0.431. The first-order valence-electron chi connectivity index (χ1n) is 5.02. The minimum absolute atomic E-state index is 0.827. The van der Waals surface area contributed by atoms with Crippen molar-refractivity contribution in [2.75, 3.05) is 61.0 Å². The van der Waals surface area contributed by atoms with Crippen molar-refractivity contribution in [2.24, 2.45) is 0 Å². The van der Waals surface area contributed by atoms with Crippen molar-refractivity contribution < 1.29 is 9.22 Å². The first kappa shape index (κ1) is 12.9. The van der Waals surface area contributed by atoms with Crippen molar-refractivity contribution in [1.29, 1.82) is 0 Å². The van der Waals surface area contributed by atoms with E-state index in [9.17, 15) is 0 Å². The molecule has 0 bridgehead atoms. The average Bonchev–Trinajstić information content (AvgIpc) is 2.02. The van der Waals surface area contributed by atoms with Gasteiger partial charge in [-0.3, -0.25) is 0 Å². The smallest absolute Gasteiger partial charge is 0.102 e. The Balaban J connectivity index is 3.54. The van der Waals surface area contributed by atoms with Gasteiger partial charge in [0.05, 0.1) is 27.2 Å². The second-order valence-corrected chi connectivity index (χ2v) is 4.38. The highest BCUT2D eigenvalue weighted by atomic mass is 16.5. The molecule has 0 aromatic rings. The lowest BCUT2D eigenvalue weighted by Crippen LogP contribution is -2.46. The summed E-state index contributed by atoms with van der Waals surface area (Å²) in [5.74, 6) is 0. The van der Waals surface area contributed by atoms with Crippen LogP contribution >= 0.6 is 0 Å². The van der Waals surface area contributed by atoms with E-state index in [1.165, 1.54) is 6.54 Å². The van der Waals surface area contributed by atoms with Crippen LogP contribution in [0.5, 0.6) is 0 Å². The molecule has 0 aliphatic carbocycles. The minimum Gasteiger partial charge on any atom is -0.376 e. The normalized spacial score (nSPS) is 12.5. The molecule has 0 aliphatic heterocycles. The maximum absolute atomic E-state index is 5.35. The first-order valence-corrected chi connectivity index (χ1v) is 5.02. The lowest BCUT2D eigenvalue weighted by molar-refractivity contribution is -0.890. The van der Waals surface area contributed by atoms with Crippen LogP contribution in [0.3, 0.4) is 0 Å². The summed E-state index contributed by atoms with van der Waals surface area (Å²) in [5.41, 5.74) is 0. The molecule has 0 unspecified atom stereocenters. The Hall–Kier alpha value is -0.120. The van der Waals surface area contributed by atoms with E-state index in [0.717, 1.165) is 30.8 Å². The second kappa shape index (κ2) is 6.35. The summed E-state index contributed by atoms with van der Waals surface area (Å²) in [6, 6.07) is 0. The molecule has 0 N–H and O–H groups in total. The Bertz CT molecular complexity index is 124. The highest BCUT2D eigenvalue weighted by Gasteiger charge is 2.14. The van der Waals surface area contributed by atoms with Crippen LogP contribution in [0.15, 0.2) is 0 Å². The van der Waals surface area contributed by atoms with E-state index in [0.29, 0.717) is 0 Å². The summed E-state index contributed by atoms with van der Waals surface area (Å²) in [7, 11) is 8.73. The lowest BCUT2D eigenvalue weighted by Gasteiger charge is -2.30. The van der Waals surface area contributed by atoms with E-state index in [4.69, 9.17) is 4.74 Å². The van der Waals surface area contributed by atoms with E-state index in [2.05, 4.69) is 33.1 Å². The molecule has 3 nitrogen and oxygen atoms in total. The number of hydrogen-bond acceptors (Lipinski definition) is 2. The fraction of sp³-hybridized carbons (Fsp3) is 1.00. The Morgan fingerprint density at radius 2 is 1.77 bits per heavy atom. The zero-order valence-electron chi connectivity index (χ0n) is 9.84. The number of ether oxygens (including phenoxy) is 1. The van der Waals surface area contributed by atoms with Crippen LogP contribution in [0.25, 0.3) is 0 Å². The second-order valence-electron chi connectivity index (χ2n) is 4.38. The topological polar surface area (TPSA) is 12.5 Å². The Morgan fingerprint density at radius 1 is 1.15 bits per heavy atom. The number of rotatable bonds is 7. The SMILES string of the molecule is CCOCC[N+](C)(C)CCN(C)C. The van der Waals surface area contributed by atoms with Gasteiger partial charge in [-0.25, -0.2) is 0 Å². The van der Waals surface area contributed by atoms with E-state index in [1.54, 1.807) is 0 Å². The number of likely N-dealkylation sites (N-methyl/N-ethyl adjacent to an activating group) is 2. The average molecular weight is 189 g/mol. The largest absolute Gasteiger partial charge is 0.376 e. The van der Waals surface area contributed by atoms with Gasteiger partial charge >= 0.3 is 0 Å². The van der Waals surface area contributed by atoms with Crippen LogP contribution in [-0.4, -0.2) is 70.4 Å². The molecule has 0 aromatic carbocycles. The van der Waals surface area contributed by atoms with Crippen molar-refractivity contribution in [2.45, 2.75) is 6.92 Å². The van der Waals surface area contributed by atoms with Crippen LogP contribution in [0.2, 0.25) is 0 Å². The van der Waals surface area contributed by atoms with Gasteiger partial charge in [0.2, 0.25) is 0 Å². The van der Waals surface area contributed by atoms with Gasteiger partial charge in [-0.2, -0.15) is 0 Å². The third-order valence-electron chi connectivity index (χ3n) is 2.20. The Morgan fingerprint density at radius 3 is 2.23 bits per heavy atom. The monoisotopic (exact) mass is 189 g/mol. The van der Waals surface area contributed by atoms with Crippen LogP contribution in [-0.2, 0) is 4.74 Å². The van der Waals surface area contributed by atoms with Gasteiger partial charge in [0.15, 0.2) is 0 Å². The van der Waals surface area contributed by atoms with Gasteiger partial charge in [-0.05, 0) is 21.0 Å². The van der Waals surface area contributed by atoms with Gasteiger partial charge in [0.1, 0.15) is 6.54 Å². The van der Waals surface area contributed by atoms with Crippen molar-refractivity contribution in [1.82, 2.24) is 4.90 Å². The van der Waals surface area contributed by atoms with Gasteiger partial charge in [-0.15, -0.1) is 0 Å². The summed E-state index contributed by atoms with van der Waals surface area (Å²) in [5, 5.41) is 0. The predicted octanol–water partition coefficient (Wildman–Crippen LogP) is 0.661. The number of quaternary nitrogens is 1. The molecule has 0 spiro atoms. The highest BCUT2D eigenvalue weighted by molar-refractivity contribution is 4.41. The van der Waals surface area contributed by atoms with Crippen molar-refractivity contribution in [3.05, 3.63) is 0 Å². The van der Waals surface area contributed by atoms with Gasteiger partial charge in [-0.1, -0.05) is 0 Å². The molecule has 0 heterocycles. The summed E-state index contributed by atoms with van der Waals surface area (Å²) >= 11 is 0. The Labute approximate surface area is 82.9 Å². The molecule has 0 saturated carbocycles. The number of nitrogens with zero attached hydrogens (tertiary/aromatic N) is 2. The molecule has 0 rings (SSSR count). The van der Waals surface area contributed by atoms with Crippen LogP contribution in [0, 0.1) is 0 Å². The Kier molecular flexibility index (Phi) is 6.29. The summed E-state index contributed by atoms with van der Waals surface area (Å²) in [6.45, 7) is 7.16. The van der Waals surface area contributed by atoms with Crippen LogP contribution in [0.1, 0.15) is 6.92 Å². The standard InChI is InChI=1S/C10H25N2O/c1-6-13-10-9-12(4,5)8-7-11(2)3/h6-10H2,1-5H3/q+1. The molecule has 0 aliphatic rings.